The lowest BCUT2D eigenvalue weighted by Crippen LogP contribution is -2.58. The lowest BCUT2D eigenvalue weighted by Gasteiger charge is -2.50. The molecule has 1 spiro atoms. The van der Waals surface area contributed by atoms with Crippen molar-refractivity contribution in [2.24, 2.45) is 11.3 Å². The highest BCUT2D eigenvalue weighted by molar-refractivity contribution is 5.81. The van der Waals surface area contributed by atoms with Gasteiger partial charge in [0.25, 0.3) is 0 Å². The van der Waals surface area contributed by atoms with Crippen molar-refractivity contribution in [2.45, 2.75) is 52.2 Å². The van der Waals surface area contributed by atoms with Gasteiger partial charge >= 0.3 is 5.97 Å². The lowest BCUT2D eigenvalue weighted by molar-refractivity contribution is -0.207. The predicted octanol–water partition coefficient (Wildman–Crippen LogP) is 1.71. The first-order valence-corrected chi connectivity index (χ1v) is 6.12. The molecule has 4 nitrogen and oxygen atoms in total. The highest BCUT2D eigenvalue weighted by Crippen LogP contribution is 2.51. The lowest BCUT2D eigenvalue weighted by atomic mass is 9.64. The van der Waals surface area contributed by atoms with E-state index in [1.807, 2.05) is 20.8 Å². The number of ether oxygens (including phenoxy) is 2. The van der Waals surface area contributed by atoms with Crippen molar-refractivity contribution in [3.05, 3.63) is 0 Å². The van der Waals surface area contributed by atoms with Crippen molar-refractivity contribution >= 4 is 11.8 Å². The average Bonchev–Trinajstić information content (AvgIpc) is 2.47. The zero-order chi connectivity index (χ0) is 12.8. The monoisotopic (exact) mass is 240 g/mol. The number of Topliss-reactive ketones (excluding diaryl/α,β-unsaturated/α-hetero) is 1. The second kappa shape index (κ2) is 3.80. The van der Waals surface area contributed by atoms with E-state index in [1.54, 1.807) is 0 Å². The third-order valence-electron chi connectivity index (χ3n) is 4.30. The maximum absolute atomic E-state index is 11.5. The van der Waals surface area contributed by atoms with E-state index >= 15 is 0 Å². The number of carbonyl (C=O) groups is 2. The minimum atomic E-state index is -0.543. The molecule has 0 radical (unpaired) electrons. The molecule has 0 aromatic rings. The average molecular weight is 240 g/mol. The van der Waals surface area contributed by atoms with E-state index in [9.17, 15) is 9.59 Å². The van der Waals surface area contributed by atoms with E-state index in [1.165, 1.54) is 6.92 Å². The third-order valence-corrected chi connectivity index (χ3v) is 4.30. The largest absolute Gasteiger partial charge is 0.458 e. The SMILES string of the molecule is CC(=O)[C@@H]1C[C@]2(OC(=O)C[C@H]2C)C(C)(C)CO1. The Bertz CT molecular complexity index is 360. The molecule has 2 aliphatic rings. The molecular weight excluding hydrogens is 220 g/mol. The molecule has 2 saturated heterocycles. The zero-order valence-corrected chi connectivity index (χ0v) is 10.9. The smallest absolute Gasteiger partial charge is 0.306 e. The first kappa shape index (κ1) is 12.6. The minimum absolute atomic E-state index is 0.00928. The molecule has 0 N–H and O–H groups in total. The number of carbonyl (C=O) groups excluding carboxylic acids is 2. The van der Waals surface area contributed by atoms with Crippen molar-refractivity contribution in [1.82, 2.24) is 0 Å². The maximum Gasteiger partial charge on any atom is 0.306 e. The first-order valence-electron chi connectivity index (χ1n) is 6.12. The maximum atomic E-state index is 11.5. The van der Waals surface area contributed by atoms with Gasteiger partial charge in [0, 0.05) is 17.8 Å². The molecule has 3 atom stereocenters. The Morgan fingerprint density at radius 3 is 2.53 bits per heavy atom. The molecule has 2 heterocycles. The van der Waals surface area contributed by atoms with Gasteiger partial charge in [-0.1, -0.05) is 20.8 Å². The van der Waals surface area contributed by atoms with Gasteiger partial charge in [0.05, 0.1) is 13.0 Å². The van der Waals surface area contributed by atoms with E-state index in [0.29, 0.717) is 19.4 Å². The Kier molecular flexibility index (Phi) is 2.81. The number of rotatable bonds is 1. The van der Waals surface area contributed by atoms with Gasteiger partial charge in [0.1, 0.15) is 11.7 Å². The molecule has 0 saturated carbocycles. The molecule has 17 heavy (non-hydrogen) atoms. The van der Waals surface area contributed by atoms with Crippen LogP contribution in [0.15, 0.2) is 0 Å². The van der Waals surface area contributed by atoms with Crippen LogP contribution in [0.1, 0.15) is 40.5 Å². The molecule has 0 unspecified atom stereocenters. The number of ketones is 1. The van der Waals surface area contributed by atoms with Gasteiger partial charge in [-0.25, -0.2) is 0 Å². The standard InChI is InChI=1S/C13H20O4/c1-8-5-11(15)17-13(8)6-10(9(2)14)16-7-12(13,3)4/h8,10H,5-7H2,1-4H3/t8-,10+,13-/m1/s1. The van der Waals surface area contributed by atoms with Crippen molar-refractivity contribution < 1.29 is 19.1 Å². The molecular formula is C13H20O4. The summed E-state index contributed by atoms with van der Waals surface area (Å²) in [7, 11) is 0. The molecule has 2 rings (SSSR count). The van der Waals surface area contributed by atoms with Crippen LogP contribution >= 0.6 is 0 Å². The molecule has 2 aliphatic heterocycles. The summed E-state index contributed by atoms with van der Waals surface area (Å²) in [5.74, 6) is -0.0134. The molecule has 0 aromatic carbocycles. The number of hydrogen-bond acceptors (Lipinski definition) is 4. The van der Waals surface area contributed by atoms with Gasteiger partial charge in [-0.15, -0.1) is 0 Å². The minimum Gasteiger partial charge on any atom is -0.458 e. The van der Waals surface area contributed by atoms with E-state index in [-0.39, 0.29) is 23.1 Å². The number of hydrogen-bond donors (Lipinski definition) is 0. The van der Waals surface area contributed by atoms with Crippen LogP contribution in [-0.4, -0.2) is 30.1 Å². The van der Waals surface area contributed by atoms with Crippen LogP contribution in [0.5, 0.6) is 0 Å². The second-order valence-corrected chi connectivity index (χ2v) is 5.97. The Morgan fingerprint density at radius 2 is 2.06 bits per heavy atom. The van der Waals surface area contributed by atoms with E-state index in [4.69, 9.17) is 9.47 Å². The molecule has 96 valence electrons. The summed E-state index contributed by atoms with van der Waals surface area (Å²) >= 11 is 0. The summed E-state index contributed by atoms with van der Waals surface area (Å²) in [4.78, 5) is 23.0. The summed E-state index contributed by atoms with van der Waals surface area (Å²) < 4.78 is 11.2. The van der Waals surface area contributed by atoms with Crippen LogP contribution in [0.25, 0.3) is 0 Å². The van der Waals surface area contributed by atoms with Crippen molar-refractivity contribution in [3.8, 4) is 0 Å². The van der Waals surface area contributed by atoms with Gasteiger partial charge < -0.3 is 9.47 Å². The molecule has 4 heteroatoms. The Labute approximate surface area is 102 Å². The fourth-order valence-corrected chi connectivity index (χ4v) is 3.11. The van der Waals surface area contributed by atoms with E-state index in [2.05, 4.69) is 0 Å². The van der Waals surface area contributed by atoms with Crippen molar-refractivity contribution in [3.63, 3.8) is 0 Å². The predicted molar refractivity (Wildman–Crippen MR) is 61.4 cm³/mol. The first-order chi connectivity index (χ1) is 7.78. The normalized spacial score (nSPS) is 40.4. The van der Waals surface area contributed by atoms with Crippen LogP contribution in [0.4, 0.5) is 0 Å². The third kappa shape index (κ3) is 1.79. The second-order valence-electron chi connectivity index (χ2n) is 5.97. The summed E-state index contributed by atoms with van der Waals surface area (Å²) in [5, 5.41) is 0. The van der Waals surface area contributed by atoms with Gasteiger partial charge in [0.15, 0.2) is 5.78 Å². The molecule has 0 bridgehead atoms. The fraction of sp³-hybridized carbons (Fsp3) is 0.846. The summed E-state index contributed by atoms with van der Waals surface area (Å²) in [6.07, 6.45) is 0.493. The highest BCUT2D eigenvalue weighted by Gasteiger charge is 2.60. The summed E-state index contributed by atoms with van der Waals surface area (Å²) in [6, 6.07) is 0. The summed E-state index contributed by atoms with van der Waals surface area (Å²) in [6.45, 7) is 8.08. The van der Waals surface area contributed by atoms with Crippen LogP contribution in [-0.2, 0) is 19.1 Å². The molecule has 2 fully saturated rings. The van der Waals surface area contributed by atoms with Crippen molar-refractivity contribution in [1.29, 1.82) is 0 Å². The van der Waals surface area contributed by atoms with E-state index in [0.717, 1.165) is 0 Å². The van der Waals surface area contributed by atoms with Gasteiger partial charge in [-0.2, -0.15) is 0 Å². The quantitative estimate of drug-likeness (QED) is 0.655. The van der Waals surface area contributed by atoms with Crippen LogP contribution in [0, 0.1) is 11.3 Å². The molecule has 0 aromatic heterocycles. The number of esters is 1. The van der Waals surface area contributed by atoms with Crippen molar-refractivity contribution in [2.75, 3.05) is 6.61 Å². The Morgan fingerprint density at radius 1 is 1.41 bits per heavy atom. The highest BCUT2D eigenvalue weighted by atomic mass is 16.6. The van der Waals surface area contributed by atoms with Crippen LogP contribution in [0.2, 0.25) is 0 Å². The molecule has 0 aliphatic carbocycles. The fourth-order valence-electron chi connectivity index (χ4n) is 3.11. The zero-order valence-electron chi connectivity index (χ0n) is 10.9. The molecule has 0 amide bonds. The van der Waals surface area contributed by atoms with Gasteiger partial charge in [0.2, 0.25) is 0 Å². The van der Waals surface area contributed by atoms with Crippen LogP contribution in [0.3, 0.4) is 0 Å². The summed E-state index contributed by atoms with van der Waals surface area (Å²) in [5.41, 5.74) is -0.788. The Hall–Kier alpha value is -0.900. The topological polar surface area (TPSA) is 52.6 Å². The Balaban J connectivity index is 2.33. The van der Waals surface area contributed by atoms with Gasteiger partial charge in [-0.05, 0) is 6.92 Å². The van der Waals surface area contributed by atoms with Gasteiger partial charge in [-0.3, -0.25) is 9.59 Å². The van der Waals surface area contributed by atoms with Crippen LogP contribution < -0.4 is 0 Å². The van der Waals surface area contributed by atoms with E-state index < -0.39 is 11.7 Å².